The van der Waals surface area contributed by atoms with Crippen LogP contribution in [-0.4, -0.2) is 35.4 Å². The fourth-order valence-corrected chi connectivity index (χ4v) is 5.75. The molecular formula is C30H21Br2N3O4. The molecule has 3 aliphatic rings. The Labute approximate surface area is 241 Å². The second-order valence-electron chi connectivity index (χ2n) is 9.15. The molecule has 1 aliphatic carbocycles. The fraction of sp³-hybridized carbons (Fsp3) is 0.133. The number of hydrogen-bond acceptors (Lipinski definition) is 5. The predicted molar refractivity (Wildman–Crippen MR) is 156 cm³/mol. The molecule has 0 saturated carbocycles. The van der Waals surface area contributed by atoms with Crippen LogP contribution >= 0.6 is 31.9 Å². The first-order valence-electron chi connectivity index (χ1n) is 12.2. The minimum absolute atomic E-state index is 0.141. The van der Waals surface area contributed by atoms with E-state index in [-0.39, 0.29) is 17.6 Å². The summed E-state index contributed by atoms with van der Waals surface area (Å²) < 4.78 is 12.2. The number of allylic oxidation sites excluding steroid dienone is 5. The van der Waals surface area contributed by atoms with E-state index in [2.05, 4.69) is 36.9 Å². The average Bonchev–Trinajstić information content (AvgIpc) is 3.59. The van der Waals surface area contributed by atoms with Crippen molar-refractivity contribution in [2.24, 2.45) is 16.0 Å². The van der Waals surface area contributed by atoms with Crippen molar-refractivity contribution in [2.75, 3.05) is 7.11 Å². The van der Waals surface area contributed by atoms with Gasteiger partial charge >= 0.3 is 5.91 Å². The summed E-state index contributed by atoms with van der Waals surface area (Å²) in [5.41, 5.74) is 4.15. The zero-order valence-corrected chi connectivity index (χ0v) is 23.8. The van der Waals surface area contributed by atoms with Gasteiger partial charge in [-0.2, -0.15) is 5.10 Å². The summed E-state index contributed by atoms with van der Waals surface area (Å²) in [6, 6.07) is 20.0. The SMILES string of the molecule is COc1ccc(C2CC(C3=C(c4ccccc4)C4C=C(Br)C=CC4=NC3=O)=NN2C(=O)c2ccc(Br)o2)cc1. The lowest BCUT2D eigenvalue weighted by atomic mass is 9.79. The van der Waals surface area contributed by atoms with Gasteiger partial charge in [-0.15, -0.1) is 0 Å². The van der Waals surface area contributed by atoms with Crippen molar-refractivity contribution in [1.29, 1.82) is 0 Å². The zero-order chi connectivity index (χ0) is 27.1. The van der Waals surface area contributed by atoms with Crippen LogP contribution < -0.4 is 4.74 Å². The highest BCUT2D eigenvalue weighted by molar-refractivity contribution is 9.12. The van der Waals surface area contributed by atoms with Gasteiger partial charge in [0.2, 0.25) is 0 Å². The third kappa shape index (κ3) is 4.77. The van der Waals surface area contributed by atoms with Gasteiger partial charge in [0, 0.05) is 16.8 Å². The number of methoxy groups -OCH3 is 1. The summed E-state index contributed by atoms with van der Waals surface area (Å²) in [5.74, 6) is -0.186. The monoisotopic (exact) mass is 645 g/mol. The molecule has 7 nitrogen and oxygen atoms in total. The van der Waals surface area contributed by atoms with Gasteiger partial charge in [0.1, 0.15) is 5.75 Å². The minimum atomic E-state index is -0.460. The highest BCUT2D eigenvalue weighted by atomic mass is 79.9. The topological polar surface area (TPSA) is 84.5 Å². The maximum atomic E-state index is 13.6. The van der Waals surface area contributed by atoms with Crippen molar-refractivity contribution in [3.8, 4) is 5.75 Å². The number of nitrogens with zero attached hydrogens (tertiary/aromatic N) is 3. The standard InChI is InChI=1S/C30H21Br2N3O4/c1-38-20-10-7-17(8-11-20)24-16-23(34-35(24)30(37)25-13-14-26(32)39-25)28-27(18-5-3-2-4-6-18)21-15-19(31)9-12-22(21)33-29(28)36/h2-15,21,24H,16H2,1H3. The Balaban J connectivity index is 1.50. The van der Waals surface area contributed by atoms with Crippen LogP contribution in [0.2, 0.25) is 0 Å². The molecule has 0 fully saturated rings. The number of aliphatic imine (C=N–C) groups is 1. The van der Waals surface area contributed by atoms with Gasteiger partial charge in [-0.3, -0.25) is 9.59 Å². The van der Waals surface area contributed by atoms with Crippen LogP contribution in [0.5, 0.6) is 5.75 Å². The third-order valence-corrected chi connectivity index (χ3v) is 7.81. The van der Waals surface area contributed by atoms with E-state index in [1.165, 1.54) is 5.01 Å². The Morgan fingerprint density at radius 3 is 2.49 bits per heavy atom. The molecule has 2 aliphatic heterocycles. The van der Waals surface area contributed by atoms with Crippen LogP contribution in [0, 0.1) is 5.92 Å². The lowest BCUT2D eigenvalue weighted by Gasteiger charge is -2.27. The van der Waals surface area contributed by atoms with Gasteiger partial charge in [0.25, 0.3) is 5.91 Å². The Bertz CT molecular complexity index is 1630. The number of hydrazone groups is 1. The first-order valence-corrected chi connectivity index (χ1v) is 13.8. The van der Waals surface area contributed by atoms with E-state index in [0.717, 1.165) is 21.2 Å². The van der Waals surface area contributed by atoms with Crippen molar-refractivity contribution in [3.05, 3.63) is 117 Å². The molecular weight excluding hydrogens is 626 g/mol. The normalized spacial score (nSPS) is 20.4. The number of hydrogen-bond donors (Lipinski definition) is 0. The van der Waals surface area contributed by atoms with Crippen molar-refractivity contribution >= 4 is 60.7 Å². The Morgan fingerprint density at radius 2 is 1.79 bits per heavy atom. The lowest BCUT2D eigenvalue weighted by Crippen LogP contribution is -2.27. The number of carbonyl (C=O) groups is 2. The Hall–Kier alpha value is -3.82. The molecule has 0 N–H and O–H groups in total. The quantitative estimate of drug-likeness (QED) is 0.302. The summed E-state index contributed by atoms with van der Waals surface area (Å²) in [6.45, 7) is 0. The number of benzene rings is 2. The van der Waals surface area contributed by atoms with E-state index in [9.17, 15) is 9.59 Å². The number of carbonyl (C=O) groups excluding carboxylic acids is 2. The molecule has 39 heavy (non-hydrogen) atoms. The smallest absolute Gasteiger partial charge is 0.310 e. The van der Waals surface area contributed by atoms with E-state index in [1.807, 2.05) is 72.8 Å². The van der Waals surface area contributed by atoms with Gasteiger partial charge in [-0.1, -0.05) is 64.5 Å². The van der Waals surface area contributed by atoms with E-state index in [1.54, 1.807) is 19.2 Å². The van der Waals surface area contributed by atoms with Crippen LogP contribution in [0.1, 0.15) is 34.1 Å². The summed E-state index contributed by atoms with van der Waals surface area (Å²) in [5, 5.41) is 6.18. The molecule has 194 valence electrons. The van der Waals surface area contributed by atoms with Crippen LogP contribution in [0.3, 0.4) is 0 Å². The molecule has 0 radical (unpaired) electrons. The second kappa shape index (κ2) is 10.4. The van der Waals surface area contributed by atoms with Gasteiger partial charge in [0.15, 0.2) is 10.4 Å². The molecule has 2 amide bonds. The number of rotatable bonds is 5. The minimum Gasteiger partial charge on any atom is -0.497 e. The predicted octanol–water partition coefficient (Wildman–Crippen LogP) is 6.89. The first kappa shape index (κ1) is 25.5. The van der Waals surface area contributed by atoms with Crippen LogP contribution in [0.15, 0.2) is 114 Å². The highest BCUT2D eigenvalue weighted by Gasteiger charge is 2.41. The second-order valence-corrected chi connectivity index (χ2v) is 10.8. The number of ether oxygens (including phenoxy) is 1. The van der Waals surface area contributed by atoms with Gasteiger partial charge in [-0.05, 0) is 69.0 Å². The molecule has 0 spiro atoms. The zero-order valence-electron chi connectivity index (χ0n) is 20.7. The van der Waals surface area contributed by atoms with Crippen LogP contribution in [0.4, 0.5) is 0 Å². The van der Waals surface area contributed by atoms with Crippen molar-refractivity contribution in [2.45, 2.75) is 12.5 Å². The largest absolute Gasteiger partial charge is 0.497 e. The molecule has 0 saturated heterocycles. The Kier molecular flexibility index (Phi) is 6.78. The van der Waals surface area contributed by atoms with E-state index in [4.69, 9.17) is 14.3 Å². The molecule has 9 heteroatoms. The van der Waals surface area contributed by atoms with Crippen LogP contribution in [-0.2, 0) is 4.79 Å². The first-order chi connectivity index (χ1) is 18.9. The van der Waals surface area contributed by atoms with Crippen molar-refractivity contribution in [1.82, 2.24) is 5.01 Å². The van der Waals surface area contributed by atoms with E-state index >= 15 is 0 Å². The number of furan rings is 1. The summed E-state index contributed by atoms with van der Waals surface area (Å²) in [4.78, 5) is 31.7. The molecule has 6 rings (SSSR count). The number of halogens is 2. The molecule has 3 heterocycles. The van der Waals surface area contributed by atoms with Crippen LogP contribution in [0.25, 0.3) is 5.57 Å². The van der Waals surface area contributed by atoms with Gasteiger partial charge in [0.05, 0.1) is 30.1 Å². The van der Waals surface area contributed by atoms with E-state index in [0.29, 0.717) is 33.8 Å². The highest BCUT2D eigenvalue weighted by Crippen LogP contribution is 2.42. The summed E-state index contributed by atoms with van der Waals surface area (Å²) in [7, 11) is 1.60. The average molecular weight is 647 g/mol. The van der Waals surface area contributed by atoms with Crippen molar-refractivity contribution < 1.29 is 18.7 Å². The molecule has 1 aromatic heterocycles. The molecule has 2 unspecified atom stereocenters. The number of amides is 2. The number of dihydropyridines is 1. The summed E-state index contributed by atoms with van der Waals surface area (Å²) in [6.07, 6.45) is 6.10. The van der Waals surface area contributed by atoms with Gasteiger partial charge in [-0.25, -0.2) is 10.0 Å². The van der Waals surface area contributed by atoms with Gasteiger partial charge < -0.3 is 9.15 Å². The maximum absolute atomic E-state index is 13.6. The molecule has 2 atom stereocenters. The Morgan fingerprint density at radius 1 is 1.03 bits per heavy atom. The third-order valence-electron chi connectivity index (χ3n) is 6.86. The maximum Gasteiger partial charge on any atom is 0.310 e. The summed E-state index contributed by atoms with van der Waals surface area (Å²) >= 11 is 6.85. The van der Waals surface area contributed by atoms with E-state index < -0.39 is 11.9 Å². The fourth-order valence-electron chi connectivity index (χ4n) is 5.05. The van der Waals surface area contributed by atoms with Crippen molar-refractivity contribution in [3.63, 3.8) is 0 Å². The number of fused-ring (bicyclic) bond motifs is 1. The lowest BCUT2D eigenvalue weighted by molar-refractivity contribution is -0.113. The molecule has 0 bridgehead atoms. The molecule has 2 aromatic carbocycles. The molecule has 3 aromatic rings.